The number of rotatable bonds is 3. The topological polar surface area (TPSA) is 54.4 Å². The highest BCUT2D eigenvalue weighted by Crippen LogP contribution is 2.54. The lowest BCUT2D eigenvalue weighted by molar-refractivity contribution is 0.461. The van der Waals surface area contributed by atoms with E-state index in [0.29, 0.717) is 0 Å². The van der Waals surface area contributed by atoms with Gasteiger partial charge in [0.15, 0.2) is 5.75 Å². The van der Waals surface area contributed by atoms with Crippen LogP contribution in [0.3, 0.4) is 0 Å². The van der Waals surface area contributed by atoms with Crippen molar-refractivity contribution in [3.05, 3.63) is 79.1 Å². The molecule has 0 aliphatic heterocycles. The Balaban J connectivity index is 2.00. The Labute approximate surface area is 152 Å². The fourth-order valence-corrected chi connectivity index (χ4v) is 4.59. The minimum atomic E-state index is -0.775. The third-order valence-electron chi connectivity index (χ3n) is 5.86. The summed E-state index contributed by atoms with van der Waals surface area (Å²) in [5.74, 6) is -0.201. The molecule has 3 aromatic rings. The van der Waals surface area contributed by atoms with E-state index < -0.39 is 16.6 Å². The van der Waals surface area contributed by atoms with Gasteiger partial charge >= 0.3 is 0 Å². The molecule has 1 unspecified atom stereocenters. The van der Waals surface area contributed by atoms with Crippen LogP contribution in [0.4, 0.5) is 0 Å². The van der Waals surface area contributed by atoms with Crippen LogP contribution in [0.15, 0.2) is 51.6 Å². The zero-order chi connectivity index (χ0) is 18.6. The van der Waals surface area contributed by atoms with Gasteiger partial charge in [0, 0.05) is 11.3 Å². The molecule has 0 radical (unpaired) electrons. The van der Waals surface area contributed by atoms with Gasteiger partial charge in [0.1, 0.15) is 0 Å². The SMILES string of the molecule is CCCC1C(=Cc2c(O)c(=O)c2=O)C(C)(C)c2c1ccc1ccccc21. The summed E-state index contributed by atoms with van der Waals surface area (Å²) in [4.78, 5) is 23.3. The number of aromatic hydroxyl groups is 1. The lowest BCUT2D eigenvalue weighted by Gasteiger charge is -2.25. The molecule has 3 aromatic carbocycles. The van der Waals surface area contributed by atoms with Gasteiger partial charge in [-0.05, 0) is 34.4 Å². The highest BCUT2D eigenvalue weighted by atomic mass is 16.3. The van der Waals surface area contributed by atoms with Gasteiger partial charge in [-0.1, -0.05) is 69.2 Å². The summed E-state index contributed by atoms with van der Waals surface area (Å²) >= 11 is 0. The van der Waals surface area contributed by atoms with Crippen molar-refractivity contribution in [1.29, 1.82) is 0 Å². The smallest absolute Gasteiger partial charge is 0.268 e. The molecule has 0 fully saturated rings. The largest absolute Gasteiger partial charge is 0.504 e. The van der Waals surface area contributed by atoms with Crippen molar-refractivity contribution in [2.24, 2.45) is 0 Å². The van der Waals surface area contributed by atoms with Crippen LogP contribution in [0, 0.1) is 0 Å². The average Bonchev–Trinajstić information content (AvgIpc) is 2.86. The maximum absolute atomic E-state index is 11.9. The number of hydrogen-bond donors (Lipinski definition) is 1. The van der Waals surface area contributed by atoms with Gasteiger partial charge in [0.05, 0.1) is 5.56 Å². The van der Waals surface area contributed by atoms with Crippen LogP contribution >= 0.6 is 0 Å². The fourth-order valence-electron chi connectivity index (χ4n) is 4.59. The minimum Gasteiger partial charge on any atom is -0.504 e. The molecule has 0 spiro atoms. The highest BCUT2D eigenvalue weighted by Gasteiger charge is 2.42. The molecular formula is C23H22O3. The first-order valence-corrected chi connectivity index (χ1v) is 9.14. The highest BCUT2D eigenvalue weighted by molar-refractivity contribution is 5.90. The summed E-state index contributed by atoms with van der Waals surface area (Å²) in [6.07, 6.45) is 3.76. The van der Waals surface area contributed by atoms with Crippen LogP contribution in [-0.4, -0.2) is 5.11 Å². The second kappa shape index (κ2) is 5.66. The first-order chi connectivity index (χ1) is 12.4. The molecule has 1 aliphatic rings. The number of allylic oxidation sites excluding steroid dienone is 1. The van der Waals surface area contributed by atoms with Crippen LogP contribution < -0.4 is 10.9 Å². The van der Waals surface area contributed by atoms with E-state index in [4.69, 9.17) is 0 Å². The van der Waals surface area contributed by atoms with E-state index in [1.165, 1.54) is 21.9 Å². The summed E-state index contributed by atoms with van der Waals surface area (Å²) in [5.41, 5.74) is 2.22. The van der Waals surface area contributed by atoms with Crippen LogP contribution in [0.25, 0.3) is 16.8 Å². The average molecular weight is 346 g/mol. The molecule has 0 bridgehead atoms. The number of benzene rings is 2. The van der Waals surface area contributed by atoms with Crippen molar-refractivity contribution >= 4 is 16.8 Å². The molecule has 0 aromatic heterocycles. The molecule has 26 heavy (non-hydrogen) atoms. The Morgan fingerprint density at radius 2 is 1.81 bits per heavy atom. The standard InChI is InChI=1S/C23H22O3/c1-4-7-15-16-11-10-13-8-5-6-9-14(13)19(16)23(2,3)18(15)12-17-20(24)22(26)21(17)25/h5-6,8-12,15,24H,4,7H2,1-3H3. The second-order valence-electron chi connectivity index (χ2n) is 7.74. The van der Waals surface area contributed by atoms with E-state index in [9.17, 15) is 14.7 Å². The molecule has 3 nitrogen and oxygen atoms in total. The van der Waals surface area contributed by atoms with Crippen molar-refractivity contribution in [2.75, 3.05) is 0 Å². The first-order valence-electron chi connectivity index (χ1n) is 9.14. The van der Waals surface area contributed by atoms with E-state index in [2.05, 4.69) is 51.1 Å². The third-order valence-corrected chi connectivity index (χ3v) is 5.86. The van der Waals surface area contributed by atoms with Crippen molar-refractivity contribution in [3.8, 4) is 5.75 Å². The quantitative estimate of drug-likeness (QED) is 0.715. The van der Waals surface area contributed by atoms with E-state index >= 15 is 0 Å². The zero-order valence-electron chi connectivity index (χ0n) is 15.3. The van der Waals surface area contributed by atoms with Crippen molar-refractivity contribution < 1.29 is 5.11 Å². The van der Waals surface area contributed by atoms with Crippen LogP contribution in [-0.2, 0) is 5.41 Å². The zero-order valence-corrected chi connectivity index (χ0v) is 15.3. The summed E-state index contributed by atoms with van der Waals surface area (Å²) < 4.78 is 0. The Bertz CT molecular complexity index is 1120. The van der Waals surface area contributed by atoms with Crippen LogP contribution in [0.1, 0.15) is 56.2 Å². The number of fused-ring (bicyclic) bond motifs is 3. The second-order valence-corrected chi connectivity index (χ2v) is 7.74. The fraction of sp³-hybridized carbons (Fsp3) is 0.304. The minimum absolute atomic E-state index is 0.163. The lowest BCUT2D eigenvalue weighted by Crippen LogP contribution is -2.33. The van der Waals surface area contributed by atoms with Gasteiger partial charge in [0.2, 0.25) is 5.43 Å². The Kier molecular flexibility index (Phi) is 3.65. The lowest BCUT2D eigenvalue weighted by atomic mass is 9.78. The summed E-state index contributed by atoms with van der Waals surface area (Å²) in [5, 5.41) is 12.3. The molecule has 3 heteroatoms. The summed E-state index contributed by atoms with van der Waals surface area (Å²) in [6.45, 7) is 6.49. The number of hydrogen-bond acceptors (Lipinski definition) is 3. The maximum atomic E-state index is 11.9. The molecule has 1 N–H and O–H groups in total. The third kappa shape index (κ3) is 2.13. The normalized spacial score (nSPS) is 20.1. The molecule has 0 saturated heterocycles. The molecule has 132 valence electrons. The van der Waals surface area contributed by atoms with Gasteiger partial charge in [-0.3, -0.25) is 9.59 Å². The Morgan fingerprint density at radius 3 is 2.50 bits per heavy atom. The summed E-state index contributed by atoms with van der Waals surface area (Å²) in [7, 11) is 0. The van der Waals surface area contributed by atoms with E-state index in [-0.39, 0.29) is 16.9 Å². The molecular weight excluding hydrogens is 324 g/mol. The molecule has 0 heterocycles. The molecule has 0 saturated carbocycles. The van der Waals surface area contributed by atoms with Crippen LogP contribution in [0.5, 0.6) is 5.75 Å². The Hall–Kier alpha value is -2.68. The van der Waals surface area contributed by atoms with Crippen molar-refractivity contribution in [2.45, 2.75) is 44.9 Å². The molecule has 0 amide bonds. The van der Waals surface area contributed by atoms with Crippen LogP contribution in [0.2, 0.25) is 0 Å². The predicted octanol–water partition coefficient (Wildman–Crippen LogP) is 4.40. The summed E-state index contributed by atoms with van der Waals surface area (Å²) in [6, 6.07) is 12.7. The molecule has 1 aliphatic carbocycles. The van der Waals surface area contributed by atoms with Gasteiger partial charge in [-0.15, -0.1) is 0 Å². The van der Waals surface area contributed by atoms with Crippen molar-refractivity contribution in [1.82, 2.24) is 0 Å². The van der Waals surface area contributed by atoms with Gasteiger partial charge in [-0.25, -0.2) is 0 Å². The van der Waals surface area contributed by atoms with E-state index in [1.807, 2.05) is 6.07 Å². The maximum Gasteiger partial charge on any atom is 0.268 e. The van der Waals surface area contributed by atoms with Gasteiger partial charge in [-0.2, -0.15) is 0 Å². The molecule has 4 rings (SSSR count). The Morgan fingerprint density at radius 1 is 1.08 bits per heavy atom. The van der Waals surface area contributed by atoms with Gasteiger partial charge in [0.25, 0.3) is 5.43 Å². The van der Waals surface area contributed by atoms with E-state index in [1.54, 1.807) is 6.08 Å². The van der Waals surface area contributed by atoms with Gasteiger partial charge < -0.3 is 5.11 Å². The monoisotopic (exact) mass is 346 g/mol. The van der Waals surface area contributed by atoms with Crippen molar-refractivity contribution in [3.63, 3.8) is 0 Å². The van der Waals surface area contributed by atoms with E-state index in [0.717, 1.165) is 18.4 Å². The first kappa shape index (κ1) is 16.8. The predicted molar refractivity (Wildman–Crippen MR) is 106 cm³/mol. The molecule has 1 atom stereocenters.